The lowest BCUT2D eigenvalue weighted by atomic mass is 9.78. The topological polar surface area (TPSA) is 58.2 Å². The number of carbonyl (C=O) groups is 2. The van der Waals surface area contributed by atoms with Crippen molar-refractivity contribution in [2.75, 3.05) is 5.32 Å². The molecule has 1 aliphatic rings. The van der Waals surface area contributed by atoms with Crippen molar-refractivity contribution in [1.82, 2.24) is 5.32 Å². The number of anilines is 1. The van der Waals surface area contributed by atoms with Crippen LogP contribution in [0.4, 0.5) is 5.69 Å². The normalized spacial score (nSPS) is 25.2. The van der Waals surface area contributed by atoms with Crippen LogP contribution < -0.4 is 10.6 Å². The van der Waals surface area contributed by atoms with E-state index in [-0.39, 0.29) is 17.9 Å². The van der Waals surface area contributed by atoms with Crippen LogP contribution in [-0.2, 0) is 4.79 Å². The third-order valence-corrected chi connectivity index (χ3v) is 4.47. The first-order chi connectivity index (χ1) is 9.97. The summed E-state index contributed by atoms with van der Waals surface area (Å²) in [6, 6.07) is 7.30. The van der Waals surface area contributed by atoms with Gasteiger partial charge in [-0.3, -0.25) is 9.59 Å². The maximum atomic E-state index is 12.4. The molecule has 0 radical (unpaired) electrons. The molecule has 4 heteroatoms. The van der Waals surface area contributed by atoms with Gasteiger partial charge in [-0.25, -0.2) is 0 Å². The van der Waals surface area contributed by atoms with Crippen molar-refractivity contribution in [1.29, 1.82) is 0 Å². The SMILES string of the molecule is CC(=O)Nc1cccc(C(=O)N[C@@H]2CCC[C@@H](C)[C@@H]2C)c1. The van der Waals surface area contributed by atoms with Crippen molar-refractivity contribution in [2.24, 2.45) is 11.8 Å². The van der Waals surface area contributed by atoms with E-state index in [2.05, 4.69) is 24.5 Å². The van der Waals surface area contributed by atoms with Gasteiger partial charge in [-0.1, -0.05) is 32.8 Å². The van der Waals surface area contributed by atoms with Gasteiger partial charge in [0, 0.05) is 24.2 Å². The Balaban J connectivity index is 2.04. The molecule has 0 saturated heterocycles. The van der Waals surface area contributed by atoms with Gasteiger partial charge in [0.1, 0.15) is 0 Å². The van der Waals surface area contributed by atoms with E-state index < -0.39 is 0 Å². The predicted molar refractivity (Wildman–Crippen MR) is 84.2 cm³/mol. The Kier molecular flexibility index (Phi) is 4.99. The van der Waals surface area contributed by atoms with Crippen LogP contribution in [0.2, 0.25) is 0 Å². The van der Waals surface area contributed by atoms with Crippen LogP contribution in [0.1, 0.15) is 50.4 Å². The van der Waals surface area contributed by atoms with Crippen molar-refractivity contribution < 1.29 is 9.59 Å². The summed E-state index contributed by atoms with van der Waals surface area (Å²) in [5.41, 5.74) is 1.24. The number of hydrogen-bond acceptors (Lipinski definition) is 2. The maximum absolute atomic E-state index is 12.4. The molecule has 4 nitrogen and oxygen atoms in total. The van der Waals surface area contributed by atoms with E-state index >= 15 is 0 Å². The number of rotatable bonds is 3. The minimum atomic E-state index is -0.137. The zero-order chi connectivity index (χ0) is 15.4. The first kappa shape index (κ1) is 15.5. The van der Waals surface area contributed by atoms with Crippen LogP contribution in [0.5, 0.6) is 0 Å². The van der Waals surface area contributed by atoms with Crippen molar-refractivity contribution in [3.63, 3.8) is 0 Å². The third-order valence-electron chi connectivity index (χ3n) is 4.47. The number of carbonyl (C=O) groups excluding carboxylic acids is 2. The number of nitrogens with one attached hydrogen (secondary N) is 2. The van der Waals surface area contributed by atoms with Crippen molar-refractivity contribution in [3.05, 3.63) is 29.8 Å². The molecule has 114 valence electrons. The van der Waals surface area contributed by atoms with Crippen LogP contribution in [-0.4, -0.2) is 17.9 Å². The zero-order valence-electron chi connectivity index (χ0n) is 13.0. The first-order valence-electron chi connectivity index (χ1n) is 7.66. The fourth-order valence-corrected chi connectivity index (χ4v) is 2.98. The zero-order valence-corrected chi connectivity index (χ0v) is 13.0. The quantitative estimate of drug-likeness (QED) is 0.897. The second-order valence-corrected chi connectivity index (χ2v) is 6.11. The fourth-order valence-electron chi connectivity index (χ4n) is 2.98. The molecule has 0 heterocycles. The minimum absolute atomic E-state index is 0.0619. The lowest BCUT2D eigenvalue weighted by Gasteiger charge is -2.34. The molecule has 1 aromatic rings. The Morgan fingerprint density at radius 1 is 1.19 bits per heavy atom. The smallest absolute Gasteiger partial charge is 0.251 e. The van der Waals surface area contributed by atoms with Gasteiger partial charge in [0.2, 0.25) is 5.91 Å². The standard InChI is InChI=1S/C17H24N2O2/c1-11-6-4-9-16(12(11)2)19-17(21)14-7-5-8-15(10-14)18-13(3)20/h5,7-8,10-12,16H,4,6,9H2,1-3H3,(H,18,20)(H,19,21)/t11-,12+,16-/m1/s1. The Morgan fingerprint density at radius 2 is 1.95 bits per heavy atom. The van der Waals surface area contributed by atoms with Gasteiger partial charge >= 0.3 is 0 Å². The summed E-state index contributed by atoms with van der Waals surface area (Å²) in [6.07, 6.45) is 3.45. The third kappa shape index (κ3) is 4.06. The van der Waals surface area contributed by atoms with E-state index in [1.54, 1.807) is 24.3 Å². The average Bonchev–Trinajstić information content (AvgIpc) is 2.43. The summed E-state index contributed by atoms with van der Waals surface area (Å²) in [5, 5.41) is 5.84. The summed E-state index contributed by atoms with van der Waals surface area (Å²) in [6.45, 7) is 5.92. The molecule has 2 rings (SSSR count). The van der Waals surface area contributed by atoms with E-state index in [0.29, 0.717) is 23.1 Å². The number of hydrogen-bond donors (Lipinski definition) is 2. The van der Waals surface area contributed by atoms with Gasteiger partial charge in [0.15, 0.2) is 0 Å². The molecule has 1 aromatic carbocycles. The van der Waals surface area contributed by atoms with Crippen molar-refractivity contribution >= 4 is 17.5 Å². The summed E-state index contributed by atoms with van der Waals surface area (Å²) in [7, 11) is 0. The fraction of sp³-hybridized carbons (Fsp3) is 0.529. The number of amides is 2. The maximum Gasteiger partial charge on any atom is 0.251 e. The molecule has 0 bridgehead atoms. The van der Waals surface area contributed by atoms with Gasteiger partial charge in [-0.15, -0.1) is 0 Å². The average molecular weight is 288 g/mol. The monoisotopic (exact) mass is 288 g/mol. The summed E-state index contributed by atoms with van der Waals surface area (Å²) >= 11 is 0. The van der Waals surface area contributed by atoms with Gasteiger partial charge < -0.3 is 10.6 Å². The Labute approximate surface area is 126 Å². The second kappa shape index (κ2) is 6.74. The minimum Gasteiger partial charge on any atom is -0.349 e. The first-order valence-corrected chi connectivity index (χ1v) is 7.66. The molecule has 1 aliphatic carbocycles. The van der Waals surface area contributed by atoms with Crippen LogP contribution in [0.3, 0.4) is 0 Å². The molecule has 0 aromatic heterocycles. The summed E-state index contributed by atoms with van der Waals surface area (Å²) in [5.74, 6) is 0.950. The summed E-state index contributed by atoms with van der Waals surface area (Å²) < 4.78 is 0. The molecular weight excluding hydrogens is 264 g/mol. The second-order valence-electron chi connectivity index (χ2n) is 6.11. The highest BCUT2D eigenvalue weighted by Gasteiger charge is 2.28. The lowest BCUT2D eigenvalue weighted by Crippen LogP contribution is -2.43. The molecule has 0 unspecified atom stereocenters. The van der Waals surface area contributed by atoms with E-state index in [9.17, 15) is 9.59 Å². The van der Waals surface area contributed by atoms with E-state index in [1.807, 2.05) is 0 Å². The molecule has 21 heavy (non-hydrogen) atoms. The summed E-state index contributed by atoms with van der Waals surface area (Å²) in [4.78, 5) is 23.5. The molecule has 1 fully saturated rings. The Bertz CT molecular complexity index is 527. The molecule has 1 saturated carbocycles. The predicted octanol–water partition coefficient (Wildman–Crippen LogP) is 3.20. The highest BCUT2D eigenvalue weighted by Crippen LogP contribution is 2.29. The Morgan fingerprint density at radius 3 is 2.67 bits per heavy atom. The van der Waals surface area contributed by atoms with E-state index in [0.717, 1.165) is 6.42 Å². The van der Waals surface area contributed by atoms with Crippen LogP contribution >= 0.6 is 0 Å². The van der Waals surface area contributed by atoms with Gasteiger partial charge in [0.05, 0.1) is 0 Å². The highest BCUT2D eigenvalue weighted by molar-refractivity contribution is 5.96. The molecule has 0 spiro atoms. The van der Waals surface area contributed by atoms with Gasteiger partial charge in [-0.2, -0.15) is 0 Å². The lowest BCUT2D eigenvalue weighted by molar-refractivity contribution is -0.114. The largest absolute Gasteiger partial charge is 0.349 e. The Hall–Kier alpha value is -1.84. The number of benzene rings is 1. The highest BCUT2D eigenvalue weighted by atomic mass is 16.2. The van der Waals surface area contributed by atoms with Crippen molar-refractivity contribution in [2.45, 2.75) is 46.1 Å². The molecule has 0 aliphatic heterocycles. The van der Waals surface area contributed by atoms with E-state index in [1.165, 1.54) is 19.8 Å². The van der Waals surface area contributed by atoms with Crippen molar-refractivity contribution in [3.8, 4) is 0 Å². The van der Waals surface area contributed by atoms with Crippen LogP contribution in [0, 0.1) is 11.8 Å². The van der Waals surface area contributed by atoms with Crippen LogP contribution in [0.15, 0.2) is 24.3 Å². The molecule has 3 atom stereocenters. The van der Waals surface area contributed by atoms with Gasteiger partial charge in [-0.05, 0) is 36.5 Å². The van der Waals surface area contributed by atoms with Gasteiger partial charge in [0.25, 0.3) is 5.91 Å². The molecular formula is C17H24N2O2. The van der Waals surface area contributed by atoms with Crippen LogP contribution in [0.25, 0.3) is 0 Å². The molecule has 2 amide bonds. The molecule has 2 N–H and O–H groups in total. The van der Waals surface area contributed by atoms with E-state index in [4.69, 9.17) is 0 Å².